The number of methoxy groups -OCH3 is 1. The van der Waals surface area contributed by atoms with Crippen molar-refractivity contribution in [2.24, 2.45) is 0 Å². The van der Waals surface area contributed by atoms with Crippen molar-refractivity contribution in [2.75, 3.05) is 33.3 Å². The van der Waals surface area contributed by atoms with Crippen LogP contribution in [0, 0.1) is 0 Å². The number of pyridine rings is 1. The molecule has 0 spiro atoms. The molecule has 3 rings (SSSR count). The third-order valence-electron chi connectivity index (χ3n) is 4.77. The summed E-state index contributed by atoms with van der Waals surface area (Å²) in [6.07, 6.45) is 3.36. The smallest absolute Gasteiger partial charge is 0.317 e. The zero-order valence-corrected chi connectivity index (χ0v) is 16.7. The molecule has 1 aliphatic rings. The number of hydrogen-bond donors (Lipinski definition) is 1. The molecule has 0 aliphatic carbocycles. The molecule has 1 atom stereocenters. The molecule has 1 saturated heterocycles. The number of piperazine rings is 1. The summed E-state index contributed by atoms with van der Waals surface area (Å²) in [6, 6.07) is 9.65. The minimum absolute atomic E-state index is 0.156. The number of nitrogens with zero attached hydrogens (tertiary/aromatic N) is 3. The van der Waals surface area contributed by atoms with Gasteiger partial charge in [-0.05, 0) is 48.9 Å². The number of carbonyl (C=O) groups excluding carboxylic acids is 1. The van der Waals surface area contributed by atoms with Gasteiger partial charge in [0.25, 0.3) is 0 Å². The molecule has 1 aliphatic heterocycles. The molecule has 2 amide bonds. The lowest BCUT2D eigenvalue weighted by molar-refractivity contribution is 0.169. The van der Waals surface area contributed by atoms with Crippen molar-refractivity contribution < 1.29 is 17.9 Å². The highest BCUT2D eigenvalue weighted by molar-refractivity contribution is 7.89. The summed E-state index contributed by atoms with van der Waals surface area (Å²) in [7, 11) is -2.06. The van der Waals surface area contributed by atoms with Crippen LogP contribution in [0.15, 0.2) is 53.7 Å². The van der Waals surface area contributed by atoms with E-state index >= 15 is 0 Å². The van der Waals surface area contributed by atoms with Crippen molar-refractivity contribution in [1.82, 2.24) is 19.5 Å². The Morgan fingerprint density at radius 3 is 2.25 bits per heavy atom. The van der Waals surface area contributed by atoms with Crippen molar-refractivity contribution in [2.45, 2.75) is 17.9 Å². The fourth-order valence-electron chi connectivity index (χ4n) is 3.04. The van der Waals surface area contributed by atoms with E-state index in [-0.39, 0.29) is 30.1 Å². The van der Waals surface area contributed by atoms with Crippen LogP contribution < -0.4 is 10.1 Å². The average Bonchev–Trinajstić information content (AvgIpc) is 2.74. The predicted octanol–water partition coefficient (Wildman–Crippen LogP) is 1.87. The molecule has 1 fully saturated rings. The largest absolute Gasteiger partial charge is 0.497 e. The van der Waals surface area contributed by atoms with Crippen molar-refractivity contribution in [1.29, 1.82) is 0 Å². The van der Waals surface area contributed by atoms with Crippen LogP contribution in [0.4, 0.5) is 4.79 Å². The van der Waals surface area contributed by atoms with Gasteiger partial charge in [0, 0.05) is 38.6 Å². The van der Waals surface area contributed by atoms with Gasteiger partial charge in [-0.15, -0.1) is 0 Å². The Balaban J connectivity index is 1.58. The number of aromatic nitrogens is 1. The maximum absolute atomic E-state index is 12.8. The van der Waals surface area contributed by atoms with E-state index in [1.807, 2.05) is 19.1 Å². The first-order valence-corrected chi connectivity index (χ1v) is 10.5. The molecular formula is C19H24N4O4S. The summed E-state index contributed by atoms with van der Waals surface area (Å²) >= 11 is 0. The zero-order chi connectivity index (χ0) is 20.1. The first-order valence-electron chi connectivity index (χ1n) is 9.01. The third kappa shape index (κ3) is 4.42. The second-order valence-electron chi connectivity index (χ2n) is 6.52. The highest BCUT2D eigenvalue weighted by Gasteiger charge is 2.30. The van der Waals surface area contributed by atoms with E-state index in [4.69, 9.17) is 4.74 Å². The first kappa shape index (κ1) is 20.1. The number of carbonyl (C=O) groups is 1. The number of nitrogens with one attached hydrogen (secondary N) is 1. The van der Waals surface area contributed by atoms with E-state index in [2.05, 4.69) is 10.3 Å². The van der Waals surface area contributed by atoms with Gasteiger partial charge in [0.05, 0.1) is 18.0 Å². The molecule has 8 nitrogen and oxygen atoms in total. The van der Waals surface area contributed by atoms with Crippen LogP contribution in [0.25, 0.3) is 0 Å². The highest BCUT2D eigenvalue weighted by atomic mass is 32.2. The monoisotopic (exact) mass is 404 g/mol. The first-order chi connectivity index (χ1) is 13.4. The van der Waals surface area contributed by atoms with Crippen LogP contribution in [0.2, 0.25) is 0 Å². The van der Waals surface area contributed by atoms with Gasteiger partial charge in [-0.25, -0.2) is 13.2 Å². The van der Waals surface area contributed by atoms with Crippen molar-refractivity contribution in [3.05, 3.63) is 54.4 Å². The van der Waals surface area contributed by atoms with Crippen LogP contribution in [0.1, 0.15) is 18.5 Å². The summed E-state index contributed by atoms with van der Waals surface area (Å²) in [4.78, 5) is 18.3. The molecule has 2 heterocycles. The third-order valence-corrected chi connectivity index (χ3v) is 6.68. The Morgan fingerprint density at radius 2 is 1.68 bits per heavy atom. The number of benzene rings is 1. The summed E-state index contributed by atoms with van der Waals surface area (Å²) in [5, 5.41) is 2.94. The predicted molar refractivity (Wildman–Crippen MR) is 105 cm³/mol. The Hall–Kier alpha value is -2.65. The lowest BCUT2D eigenvalue weighted by Crippen LogP contribution is -2.53. The lowest BCUT2D eigenvalue weighted by Gasteiger charge is -2.34. The van der Waals surface area contributed by atoms with Gasteiger partial charge in [0.1, 0.15) is 5.75 Å². The second kappa shape index (κ2) is 8.57. The number of urea groups is 1. The molecule has 9 heteroatoms. The van der Waals surface area contributed by atoms with Crippen LogP contribution in [0.3, 0.4) is 0 Å². The number of amides is 2. The summed E-state index contributed by atoms with van der Waals surface area (Å²) in [5.74, 6) is 0.601. The van der Waals surface area contributed by atoms with Crippen LogP contribution in [-0.2, 0) is 10.0 Å². The van der Waals surface area contributed by atoms with E-state index in [1.165, 1.54) is 23.5 Å². The summed E-state index contributed by atoms with van der Waals surface area (Å²) < 4.78 is 32.0. The van der Waals surface area contributed by atoms with E-state index in [1.54, 1.807) is 29.4 Å². The maximum Gasteiger partial charge on any atom is 0.317 e. The molecular weight excluding hydrogens is 380 g/mol. The van der Waals surface area contributed by atoms with E-state index < -0.39 is 10.0 Å². The minimum atomic E-state index is -3.59. The molecule has 28 heavy (non-hydrogen) atoms. The molecule has 0 unspecified atom stereocenters. The van der Waals surface area contributed by atoms with E-state index in [0.29, 0.717) is 18.8 Å². The fraction of sp³-hybridized carbons (Fsp3) is 0.368. The van der Waals surface area contributed by atoms with Crippen LogP contribution in [0.5, 0.6) is 5.75 Å². The molecule has 1 aromatic carbocycles. The molecule has 2 aromatic rings. The van der Waals surface area contributed by atoms with Crippen LogP contribution in [-0.4, -0.2) is 61.9 Å². The number of rotatable bonds is 5. The Morgan fingerprint density at radius 1 is 1.07 bits per heavy atom. The van der Waals surface area contributed by atoms with E-state index in [0.717, 1.165) is 5.56 Å². The van der Waals surface area contributed by atoms with Gasteiger partial charge in [-0.2, -0.15) is 4.31 Å². The lowest BCUT2D eigenvalue weighted by atomic mass is 10.1. The molecule has 1 N–H and O–H groups in total. The van der Waals surface area contributed by atoms with Crippen molar-refractivity contribution >= 4 is 16.1 Å². The van der Waals surface area contributed by atoms with Gasteiger partial charge < -0.3 is 15.0 Å². The Bertz CT molecular complexity index is 895. The molecule has 1 aromatic heterocycles. The normalized spacial score (nSPS) is 16.4. The standard InChI is InChI=1S/C19H24N4O4S/c1-15(16-7-9-20-10-8-16)21-19(24)22-11-13-23(14-12-22)28(25,26)18-5-3-17(27-2)4-6-18/h3-10,15H,11-14H2,1-2H3,(H,21,24)/t15-/m0/s1. The topological polar surface area (TPSA) is 91.8 Å². The average molecular weight is 404 g/mol. The Kier molecular flexibility index (Phi) is 6.15. The fourth-order valence-corrected chi connectivity index (χ4v) is 4.46. The quantitative estimate of drug-likeness (QED) is 0.821. The van der Waals surface area contributed by atoms with Gasteiger partial charge in [-0.3, -0.25) is 4.98 Å². The van der Waals surface area contributed by atoms with Gasteiger partial charge in [-0.1, -0.05) is 0 Å². The number of ether oxygens (including phenoxy) is 1. The summed E-state index contributed by atoms with van der Waals surface area (Å²) in [5.41, 5.74) is 0.962. The van der Waals surface area contributed by atoms with Gasteiger partial charge in [0.2, 0.25) is 10.0 Å². The minimum Gasteiger partial charge on any atom is -0.497 e. The van der Waals surface area contributed by atoms with Crippen molar-refractivity contribution in [3.63, 3.8) is 0 Å². The number of hydrogen-bond acceptors (Lipinski definition) is 5. The maximum atomic E-state index is 12.8. The second-order valence-corrected chi connectivity index (χ2v) is 8.46. The number of sulfonamides is 1. The molecule has 0 bridgehead atoms. The van der Waals surface area contributed by atoms with Crippen LogP contribution >= 0.6 is 0 Å². The summed E-state index contributed by atoms with van der Waals surface area (Å²) in [6.45, 7) is 3.09. The molecule has 150 valence electrons. The van der Waals surface area contributed by atoms with Crippen molar-refractivity contribution in [3.8, 4) is 5.75 Å². The Labute approximate surface area is 165 Å². The SMILES string of the molecule is COc1ccc(S(=O)(=O)N2CCN(C(=O)N[C@@H](C)c3ccncc3)CC2)cc1. The molecule has 0 radical (unpaired) electrons. The molecule has 0 saturated carbocycles. The van der Waals surface area contributed by atoms with Gasteiger partial charge in [0.15, 0.2) is 0 Å². The highest BCUT2D eigenvalue weighted by Crippen LogP contribution is 2.21. The van der Waals surface area contributed by atoms with Gasteiger partial charge >= 0.3 is 6.03 Å². The zero-order valence-electron chi connectivity index (χ0n) is 15.9. The van der Waals surface area contributed by atoms with E-state index in [9.17, 15) is 13.2 Å².